The van der Waals surface area contributed by atoms with Gasteiger partial charge in [0.05, 0.1) is 0 Å². The van der Waals surface area contributed by atoms with Crippen LogP contribution in [0.15, 0.2) is 0 Å². The molecule has 1 N–H and O–H groups in total. The lowest BCUT2D eigenvalue weighted by Crippen LogP contribution is -2.30. The van der Waals surface area contributed by atoms with Gasteiger partial charge in [0.15, 0.2) is 0 Å². The number of alkyl halides is 4. The lowest BCUT2D eigenvalue weighted by atomic mass is 10.0. The van der Waals surface area contributed by atoms with Crippen LogP contribution in [-0.2, 0) is 17.3 Å². The van der Waals surface area contributed by atoms with Crippen molar-refractivity contribution in [1.29, 1.82) is 0 Å². The van der Waals surface area contributed by atoms with Crippen molar-refractivity contribution in [3.8, 4) is 0 Å². The lowest BCUT2D eigenvalue weighted by Gasteiger charge is -2.17. The van der Waals surface area contributed by atoms with Gasteiger partial charge in [-0.05, 0) is 16.3 Å². The summed E-state index contributed by atoms with van der Waals surface area (Å²) in [6, 6.07) is 0. The smallest absolute Gasteiger partial charge is 0.367 e. The van der Waals surface area contributed by atoms with E-state index in [4.69, 9.17) is 5.11 Å². The van der Waals surface area contributed by atoms with E-state index in [0.29, 0.717) is 11.1 Å². The van der Waals surface area contributed by atoms with Gasteiger partial charge in [0.2, 0.25) is 5.82 Å². The summed E-state index contributed by atoms with van der Waals surface area (Å²) in [4.78, 5) is 10.6. The van der Waals surface area contributed by atoms with Crippen molar-refractivity contribution in [3.63, 3.8) is 0 Å². The van der Waals surface area contributed by atoms with Gasteiger partial charge in [-0.1, -0.05) is 13.3 Å². The van der Waals surface area contributed by atoms with Gasteiger partial charge in [-0.25, -0.2) is 13.5 Å². The minimum Gasteiger partial charge on any atom is -0.481 e. The first-order chi connectivity index (χ1) is 8.78. The number of hydrogen-bond acceptors (Lipinski definition) is 4. The van der Waals surface area contributed by atoms with E-state index in [9.17, 15) is 22.4 Å². The minimum atomic E-state index is -4.47. The Morgan fingerprint density at radius 3 is 2.58 bits per heavy atom. The van der Waals surface area contributed by atoms with E-state index in [1.807, 2.05) is 0 Å². The van der Waals surface area contributed by atoms with Gasteiger partial charge in [0, 0.05) is 13.0 Å². The van der Waals surface area contributed by atoms with E-state index in [1.165, 1.54) is 0 Å². The molecule has 10 heteroatoms. The molecule has 0 spiro atoms. The number of aliphatic carboxylic acids is 1. The van der Waals surface area contributed by atoms with Crippen LogP contribution in [0.3, 0.4) is 0 Å². The van der Waals surface area contributed by atoms with Crippen LogP contribution in [0.1, 0.15) is 25.6 Å². The maximum absolute atomic E-state index is 13.2. The standard InChI is InChI=1S/C9H12F4N4O2/c1-2-5(3-6(18)19)4-17-8(14-15-16-17)9(12,13)7(10)11/h5,7H,2-4H2,1H3,(H,18,19). The summed E-state index contributed by atoms with van der Waals surface area (Å²) < 4.78 is 51.3. The summed E-state index contributed by atoms with van der Waals surface area (Å²) in [6.07, 6.45) is -3.85. The summed E-state index contributed by atoms with van der Waals surface area (Å²) in [7, 11) is 0. The summed E-state index contributed by atoms with van der Waals surface area (Å²) in [5.41, 5.74) is 0. The molecule has 19 heavy (non-hydrogen) atoms. The molecule has 0 aromatic carbocycles. The van der Waals surface area contributed by atoms with E-state index >= 15 is 0 Å². The quantitative estimate of drug-likeness (QED) is 0.768. The highest BCUT2D eigenvalue weighted by atomic mass is 19.3. The number of hydrogen-bond donors (Lipinski definition) is 1. The largest absolute Gasteiger partial charge is 0.481 e. The molecule has 0 aliphatic heterocycles. The van der Waals surface area contributed by atoms with E-state index in [1.54, 1.807) is 6.92 Å². The number of carboxylic acid groups (broad SMARTS) is 1. The van der Waals surface area contributed by atoms with Crippen molar-refractivity contribution < 1.29 is 27.5 Å². The Morgan fingerprint density at radius 1 is 1.47 bits per heavy atom. The molecule has 0 radical (unpaired) electrons. The molecular formula is C9H12F4N4O2. The second kappa shape index (κ2) is 5.93. The zero-order valence-electron chi connectivity index (χ0n) is 9.93. The maximum Gasteiger partial charge on any atom is 0.367 e. The molecule has 0 fully saturated rings. The number of rotatable bonds is 7. The van der Waals surface area contributed by atoms with Crippen molar-refractivity contribution in [2.24, 2.45) is 5.92 Å². The third-order valence-corrected chi connectivity index (χ3v) is 2.58. The molecule has 0 aliphatic carbocycles. The molecule has 0 aliphatic rings. The number of carboxylic acids is 1. The monoisotopic (exact) mass is 284 g/mol. The highest BCUT2D eigenvalue weighted by Crippen LogP contribution is 2.32. The van der Waals surface area contributed by atoms with E-state index in [0.717, 1.165) is 0 Å². The third kappa shape index (κ3) is 3.61. The molecule has 1 aromatic heterocycles. The molecule has 0 saturated carbocycles. The van der Waals surface area contributed by atoms with Crippen LogP contribution < -0.4 is 0 Å². The Morgan fingerprint density at radius 2 is 2.11 bits per heavy atom. The highest BCUT2D eigenvalue weighted by molar-refractivity contribution is 5.66. The highest BCUT2D eigenvalue weighted by Gasteiger charge is 2.48. The molecule has 108 valence electrons. The van der Waals surface area contributed by atoms with E-state index < -0.39 is 30.1 Å². The Kier molecular flexibility index (Phi) is 4.78. The normalized spacial score (nSPS) is 13.8. The molecule has 1 unspecified atom stereocenters. The fourth-order valence-electron chi connectivity index (χ4n) is 1.49. The lowest BCUT2D eigenvalue weighted by molar-refractivity contribution is -0.144. The zero-order chi connectivity index (χ0) is 14.6. The SMILES string of the molecule is CCC(CC(=O)O)Cn1nnnc1C(F)(F)C(F)F. The summed E-state index contributed by atoms with van der Waals surface area (Å²) in [5.74, 6) is -7.35. The molecule has 1 atom stereocenters. The van der Waals surface area contributed by atoms with Gasteiger partial charge < -0.3 is 5.11 Å². The summed E-state index contributed by atoms with van der Waals surface area (Å²) >= 11 is 0. The van der Waals surface area contributed by atoms with Gasteiger partial charge in [0.1, 0.15) is 0 Å². The predicted octanol–water partition coefficient (Wildman–Crippen LogP) is 1.53. The average Bonchev–Trinajstić information content (AvgIpc) is 2.75. The molecule has 1 heterocycles. The first-order valence-electron chi connectivity index (χ1n) is 5.43. The van der Waals surface area contributed by atoms with Crippen molar-refractivity contribution in [2.45, 2.75) is 38.7 Å². The third-order valence-electron chi connectivity index (χ3n) is 2.58. The van der Waals surface area contributed by atoms with Crippen molar-refractivity contribution in [1.82, 2.24) is 20.2 Å². The number of carbonyl (C=O) groups is 1. The Hall–Kier alpha value is -1.74. The molecule has 1 aromatic rings. The van der Waals surface area contributed by atoms with Crippen molar-refractivity contribution in [2.75, 3.05) is 0 Å². The van der Waals surface area contributed by atoms with Gasteiger partial charge in [-0.15, -0.1) is 5.10 Å². The number of halogens is 4. The first kappa shape index (κ1) is 15.3. The predicted molar refractivity (Wildman–Crippen MR) is 53.7 cm³/mol. The minimum absolute atomic E-state index is 0.257. The summed E-state index contributed by atoms with van der Waals surface area (Å²) in [5, 5.41) is 17.7. The number of aromatic nitrogens is 4. The van der Waals surface area contributed by atoms with Crippen LogP contribution in [0.25, 0.3) is 0 Å². The number of tetrazole rings is 1. The van der Waals surface area contributed by atoms with Gasteiger partial charge in [0.25, 0.3) is 0 Å². The van der Waals surface area contributed by atoms with Crippen LogP contribution in [0.2, 0.25) is 0 Å². The van der Waals surface area contributed by atoms with Crippen LogP contribution >= 0.6 is 0 Å². The Bertz CT molecular complexity index is 438. The Balaban J connectivity index is 2.91. The van der Waals surface area contributed by atoms with Crippen LogP contribution in [0.5, 0.6) is 0 Å². The van der Waals surface area contributed by atoms with Crippen LogP contribution in [-0.4, -0.2) is 37.7 Å². The topological polar surface area (TPSA) is 80.9 Å². The van der Waals surface area contributed by atoms with Gasteiger partial charge >= 0.3 is 18.3 Å². The second-order valence-electron chi connectivity index (χ2n) is 3.98. The van der Waals surface area contributed by atoms with Crippen molar-refractivity contribution in [3.05, 3.63) is 5.82 Å². The van der Waals surface area contributed by atoms with Crippen LogP contribution in [0.4, 0.5) is 17.6 Å². The maximum atomic E-state index is 13.2. The fourth-order valence-corrected chi connectivity index (χ4v) is 1.49. The molecule has 6 nitrogen and oxygen atoms in total. The van der Waals surface area contributed by atoms with Gasteiger partial charge in [-0.3, -0.25) is 4.79 Å². The van der Waals surface area contributed by atoms with Gasteiger partial charge in [-0.2, -0.15) is 8.78 Å². The van der Waals surface area contributed by atoms with Crippen molar-refractivity contribution >= 4 is 5.97 Å². The fraction of sp³-hybridized carbons (Fsp3) is 0.778. The molecule has 0 saturated heterocycles. The van der Waals surface area contributed by atoms with Crippen LogP contribution in [0, 0.1) is 5.92 Å². The molecule has 0 amide bonds. The zero-order valence-corrected chi connectivity index (χ0v) is 9.93. The Labute approximate surface area is 105 Å². The summed E-state index contributed by atoms with van der Waals surface area (Å²) in [6.45, 7) is 1.40. The molecule has 0 bridgehead atoms. The van der Waals surface area contributed by atoms with E-state index in [2.05, 4.69) is 15.5 Å². The molecule has 1 rings (SSSR count). The second-order valence-corrected chi connectivity index (χ2v) is 3.98. The first-order valence-corrected chi connectivity index (χ1v) is 5.43. The molecular weight excluding hydrogens is 272 g/mol. The number of nitrogens with zero attached hydrogens (tertiary/aromatic N) is 4. The van der Waals surface area contributed by atoms with E-state index in [-0.39, 0.29) is 13.0 Å². The average molecular weight is 284 g/mol.